The largest absolute Gasteiger partial charge is 0.315 e. The van der Waals surface area contributed by atoms with Crippen molar-refractivity contribution in [2.24, 2.45) is 0 Å². The zero-order valence-corrected chi connectivity index (χ0v) is 12.7. The monoisotopic (exact) mass is 316 g/mol. The standard InChI is InChI=1S/C13H14Cl2N2OS/c1-2-12(10-4-3-8(14)5-11(10)15)16-6-9-7-19-13(18)17-9/h3-5,7,12,16H,2,6H2,1H3,(H,17,18). The highest BCUT2D eigenvalue weighted by Gasteiger charge is 2.13. The minimum Gasteiger partial charge on any atom is -0.315 e. The van der Waals surface area contributed by atoms with Crippen LogP contribution in [0.5, 0.6) is 0 Å². The Bertz CT molecular complexity index is 609. The van der Waals surface area contributed by atoms with E-state index in [9.17, 15) is 4.79 Å². The van der Waals surface area contributed by atoms with Crippen molar-refractivity contribution >= 4 is 34.5 Å². The van der Waals surface area contributed by atoms with Gasteiger partial charge >= 0.3 is 4.87 Å². The summed E-state index contributed by atoms with van der Waals surface area (Å²) in [5, 5.41) is 6.50. The van der Waals surface area contributed by atoms with E-state index in [-0.39, 0.29) is 10.9 Å². The summed E-state index contributed by atoms with van der Waals surface area (Å²) in [5.74, 6) is 0. The van der Waals surface area contributed by atoms with Gasteiger partial charge in [-0.05, 0) is 24.1 Å². The molecule has 0 fully saturated rings. The third kappa shape index (κ3) is 3.83. The first kappa shape index (κ1) is 14.6. The lowest BCUT2D eigenvalue weighted by Gasteiger charge is -2.18. The van der Waals surface area contributed by atoms with Crippen molar-refractivity contribution in [1.29, 1.82) is 0 Å². The highest BCUT2D eigenvalue weighted by molar-refractivity contribution is 7.07. The van der Waals surface area contributed by atoms with Crippen LogP contribution in [0.2, 0.25) is 10.0 Å². The fourth-order valence-corrected chi connectivity index (χ4v) is 3.01. The lowest BCUT2D eigenvalue weighted by atomic mass is 10.0. The molecule has 2 rings (SSSR count). The summed E-state index contributed by atoms with van der Waals surface area (Å²) in [4.78, 5) is 13.8. The second-order valence-electron chi connectivity index (χ2n) is 4.18. The molecule has 1 heterocycles. The van der Waals surface area contributed by atoms with Gasteiger partial charge in [-0.1, -0.05) is 47.5 Å². The second kappa shape index (κ2) is 6.57. The molecule has 0 spiro atoms. The third-order valence-corrected chi connectivity index (χ3v) is 4.14. The van der Waals surface area contributed by atoms with Crippen molar-refractivity contribution in [3.05, 3.63) is 54.5 Å². The van der Waals surface area contributed by atoms with E-state index in [1.165, 1.54) is 11.3 Å². The summed E-state index contributed by atoms with van der Waals surface area (Å²) in [6.07, 6.45) is 0.899. The van der Waals surface area contributed by atoms with Gasteiger partial charge in [0.25, 0.3) is 0 Å². The molecule has 1 unspecified atom stereocenters. The Hall–Kier alpha value is -0.810. The molecule has 6 heteroatoms. The van der Waals surface area contributed by atoms with Crippen LogP contribution in [0.15, 0.2) is 28.4 Å². The van der Waals surface area contributed by atoms with Crippen LogP contribution in [0.3, 0.4) is 0 Å². The Kier molecular flexibility index (Phi) is 5.05. The van der Waals surface area contributed by atoms with Crippen molar-refractivity contribution in [3.63, 3.8) is 0 Å². The van der Waals surface area contributed by atoms with E-state index >= 15 is 0 Å². The van der Waals surface area contributed by atoms with E-state index in [2.05, 4.69) is 17.2 Å². The third-order valence-electron chi connectivity index (χ3n) is 2.86. The molecule has 3 nitrogen and oxygen atoms in total. The van der Waals surface area contributed by atoms with E-state index < -0.39 is 0 Å². The molecule has 19 heavy (non-hydrogen) atoms. The number of H-pyrrole nitrogens is 1. The maximum absolute atomic E-state index is 11.1. The average Bonchev–Trinajstić information content (AvgIpc) is 2.78. The van der Waals surface area contributed by atoms with Crippen LogP contribution in [0.1, 0.15) is 30.6 Å². The molecule has 2 N–H and O–H groups in total. The van der Waals surface area contributed by atoms with Crippen LogP contribution < -0.4 is 10.2 Å². The van der Waals surface area contributed by atoms with Gasteiger partial charge in [-0.15, -0.1) is 0 Å². The van der Waals surface area contributed by atoms with Gasteiger partial charge in [0.2, 0.25) is 0 Å². The lowest BCUT2D eigenvalue weighted by molar-refractivity contribution is 0.515. The molecule has 0 saturated heterocycles. The first-order valence-electron chi connectivity index (χ1n) is 5.95. The summed E-state index contributed by atoms with van der Waals surface area (Å²) in [5.41, 5.74) is 1.91. The number of hydrogen-bond acceptors (Lipinski definition) is 3. The number of nitrogens with one attached hydrogen (secondary N) is 2. The highest BCUT2D eigenvalue weighted by atomic mass is 35.5. The molecule has 0 radical (unpaired) electrons. The molecule has 1 atom stereocenters. The van der Waals surface area contributed by atoms with Crippen molar-refractivity contribution in [2.45, 2.75) is 25.9 Å². The molecule has 1 aromatic carbocycles. The number of thiazole rings is 1. The van der Waals surface area contributed by atoms with Crippen LogP contribution in [0, 0.1) is 0 Å². The van der Waals surface area contributed by atoms with Crippen molar-refractivity contribution in [1.82, 2.24) is 10.3 Å². The van der Waals surface area contributed by atoms with E-state index in [0.29, 0.717) is 16.6 Å². The van der Waals surface area contributed by atoms with Gasteiger partial charge in [0.15, 0.2) is 0 Å². The molecule has 0 aliphatic heterocycles. The Balaban J connectivity index is 2.09. The summed E-state index contributed by atoms with van der Waals surface area (Å²) in [6, 6.07) is 5.64. The Morgan fingerprint density at radius 1 is 1.42 bits per heavy atom. The van der Waals surface area contributed by atoms with E-state index in [1.54, 1.807) is 6.07 Å². The number of benzene rings is 1. The summed E-state index contributed by atoms with van der Waals surface area (Å²) < 4.78 is 0. The van der Waals surface area contributed by atoms with E-state index in [1.807, 2.05) is 17.5 Å². The van der Waals surface area contributed by atoms with Gasteiger partial charge in [0, 0.05) is 33.7 Å². The predicted octanol–water partition coefficient (Wildman–Crippen LogP) is 3.98. The minimum atomic E-state index is -0.0330. The Morgan fingerprint density at radius 2 is 2.21 bits per heavy atom. The molecule has 0 aliphatic carbocycles. The van der Waals surface area contributed by atoms with Crippen molar-refractivity contribution in [2.75, 3.05) is 0 Å². The topological polar surface area (TPSA) is 44.9 Å². The van der Waals surface area contributed by atoms with Crippen molar-refractivity contribution < 1.29 is 0 Å². The fourth-order valence-electron chi connectivity index (χ4n) is 1.89. The van der Waals surface area contributed by atoms with Gasteiger partial charge in [0.05, 0.1) is 0 Å². The summed E-state index contributed by atoms with van der Waals surface area (Å²) in [6.45, 7) is 2.69. The minimum absolute atomic E-state index is 0.0330. The maximum atomic E-state index is 11.1. The highest BCUT2D eigenvalue weighted by Crippen LogP contribution is 2.28. The molecule has 0 bridgehead atoms. The molecule has 0 amide bonds. The van der Waals surface area contributed by atoms with Crippen LogP contribution in [-0.2, 0) is 6.54 Å². The number of aromatic amines is 1. The first-order valence-corrected chi connectivity index (χ1v) is 7.58. The van der Waals surface area contributed by atoms with Gasteiger partial charge in [-0.3, -0.25) is 4.79 Å². The number of aromatic nitrogens is 1. The van der Waals surface area contributed by atoms with E-state index in [0.717, 1.165) is 17.7 Å². The zero-order valence-electron chi connectivity index (χ0n) is 10.4. The Labute approximate surface area is 125 Å². The van der Waals surface area contributed by atoms with Gasteiger partial charge in [0.1, 0.15) is 0 Å². The predicted molar refractivity (Wildman–Crippen MR) is 81.3 cm³/mol. The van der Waals surface area contributed by atoms with Gasteiger partial charge in [-0.2, -0.15) is 0 Å². The van der Waals surface area contributed by atoms with Crippen LogP contribution >= 0.6 is 34.5 Å². The quantitative estimate of drug-likeness (QED) is 0.876. The SMILES string of the molecule is CCC(NCc1csc(=O)[nH]1)c1ccc(Cl)cc1Cl. The van der Waals surface area contributed by atoms with Crippen LogP contribution in [0.25, 0.3) is 0 Å². The Morgan fingerprint density at radius 3 is 2.79 bits per heavy atom. The molecule has 0 saturated carbocycles. The molecule has 102 valence electrons. The van der Waals surface area contributed by atoms with Gasteiger partial charge < -0.3 is 10.3 Å². The number of hydrogen-bond donors (Lipinski definition) is 2. The smallest absolute Gasteiger partial charge is 0.304 e. The number of rotatable bonds is 5. The number of halogens is 2. The molecular weight excluding hydrogens is 303 g/mol. The summed E-state index contributed by atoms with van der Waals surface area (Å²) >= 11 is 13.3. The molecular formula is C13H14Cl2N2OS. The van der Waals surface area contributed by atoms with E-state index in [4.69, 9.17) is 23.2 Å². The van der Waals surface area contributed by atoms with Crippen LogP contribution in [0.4, 0.5) is 0 Å². The molecule has 2 aromatic rings. The normalized spacial score (nSPS) is 12.6. The molecule has 1 aromatic heterocycles. The van der Waals surface area contributed by atoms with Crippen LogP contribution in [-0.4, -0.2) is 4.98 Å². The lowest BCUT2D eigenvalue weighted by Crippen LogP contribution is -2.21. The fraction of sp³-hybridized carbons (Fsp3) is 0.308. The van der Waals surface area contributed by atoms with Gasteiger partial charge in [-0.25, -0.2) is 0 Å². The zero-order chi connectivity index (χ0) is 13.8. The molecule has 0 aliphatic rings. The second-order valence-corrected chi connectivity index (χ2v) is 5.87. The maximum Gasteiger partial charge on any atom is 0.304 e. The summed E-state index contributed by atoms with van der Waals surface area (Å²) in [7, 11) is 0. The first-order chi connectivity index (χ1) is 9.10. The van der Waals surface area contributed by atoms with Crippen molar-refractivity contribution in [3.8, 4) is 0 Å². The average molecular weight is 317 g/mol.